The van der Waals surface area contributed by atoms with E-state index in [1.54, 1.807) is 0 Å². The topological polar surface area (TPSA) is 110 Å². The minimum atomic E-state index is -0.746. The third kappa shape index (κ3) is 3.79. The molecule has 136 valence electrons. The molecule has 1 fully saturated rings. The summed E-state index contributed by atoms with van der Waals surface area (Å²) in [5, 5.41) is 11.4. The first kappa shape index (κ1) is 18.9. The summed E-state index contributed by atoms with van der Waals surface area (Å²) in [5.74, 6) is -0.685. The molecule has 0 bridgehead atoms. The van der Waals surface area contributed by atoms with Crippen LogP contribution in [0, 0.1) is 10.1 Å². The van der Waals surface area contributed by atoms with Gasteiger partial charge in [-0.05, 0) is 26.3 Å². The zero-order valence-corrected chi connectivity index (χ0v) is 14.8. The van der Waals surface area contributed by atoms with Gasteiger partial charge in [-0.3, -0.25) is 24.6 Å². The highest BCUT2D eigenvalue weighted by molar-refractivity contribution is 5.93. The van der Waals surface area contributed by atoms with Crippen LogP contribution in [0.1, 0.15) is 43.1 Å². The van der Waals surface area contributed by atoms with E-state index in [0.717, 1.165) is 6.42 Å². The maximum absolute atomic E-state index is 12.7. The highest BCUT2D eigenvalue weighted by Crippen LogP contribution is 2.28. The van der Waals surface area contributed by atoms with E-state index >= 15 is 0 Å². The van der Waals surface area contributed by atoms with Crippen molar-refractivity contribution in [2.45, 2.75) is 39.3 Å². The Bertz CT molecular complexity index is 702. The van der Waals surface area contributed by atoms with E-state index in [2.05, 4.69) is 0 Å². The number of carbonyl (C=O) groups excluding carboxylic acids is 2. The van der Waals surface area contributed by atoms with Crippen LogP contribution in [0.15, 0.2) is 18.2 Å². The van der Waals surface area contributed by atoms with Gasteiger partial charge in [0.15, 0.2) is 0 Å². The number of benzene rings is 1. The van der Waals surface area contributed by atoms with Gasteiger partial charge in [0.2, 0.25) is 11.8 Å². The van der Waals surface area contributed by atoms with Crippen molar-refractivity contribution in [3.63, 3.8) is 0 Å². The summed E-state index contributed by atoms with van der Waals surface area (Å²) in [4.78, 5) is 38.6. The van der Waals surface area contributed by atoms with Gasteiger partial charge in [-0.1, -0.05) is 13.0 Å². The van der Waals surface area contributed by atoms with Crippen molar-refractivity contribution in [1.82, 2.24) is 9.80 Å². The summed E-state index contributed by atoms with van der Waals surface area (Å²) in [6.45, 7) is 7.90. The lowest BCUT2D eigenvalue weighted by Gasteiger charge is -2.46. The molecule has 1 aromatic carbocycles. The average molecular weight is 348 g/mol. The number of piperazine rings is 1. The zero-order chi connectivity index (χ0) is 18.8. The normalized spacial score (nSPS) is 17.6. The van der Waals surface area contributed by atoms with Crippen molar-refractivity contribution in [3.05, 3.63) is 39.4 Å². The van der Waals surface area contributed by atoms with Gasteiger partial charge in [0.1, 0.15) is 0 Å². The average Bonchev–Trinajstić information content (AvgIpc) is 2.55. The van der Waals surface area contributed by atoms with Crippen LogP contribution in [0.25, 0.3) is 0 Å². The Morgan fingerprint density at radius 3 is 2.60 bits per heavy atom. The SMILES string of the molecule is CCCN1CCN(Cc2ccc(C(N)=O)cc2[N+](=O)[O-])C(C)(C)C1=O. The highest BCUT2D eigenvalue weighted by Gasteiger charge is 2.41. The lowest BCUT2D eigenvalue weighted by Crippen LogP contribution is -2.62. The fraction of sp³-hybridized carbons (Fsp3) is 0.529. The summed E-state index contributed by atoms with van der Waals surface area (Å²) in [5.41, 5.74) is 4.85. The number of nitrogens with two attached hydrogens (primary N) is 1. The lowest BCUT2D eigenvalue weighted by molar-refractivity contribution is -0.385. The summed E-state index contributed by atoms with van der Waals surface area (Å²) < 4.78 is 0. The van der Waals surface area contributed by atoms with Crippen molar-refractivity contribution < 1.29 is 14.5 Å². The van der Waals surface area contributed by atoms with E-state index < -0.39 is 16.4 Å². The van der Waals surface area contributed by atoms with E-state index in [4.69, 9.17) is 5.73 Å². The van der Waals surface area contributed by atoms with Gasteiger partial charge >= 0.3 is 0 Å². The van der Waals surface area contributed by atoms with Gasteiger partial charge in [0.25, 0.3) is 5.69 Å². The standard InChI is InChI=1S/C17H24N4O4/c1-4-7-19-8-9-20(17(2,3)16(19)23)11-13-6-5-12(15(18)22)10-14(13)21(24)25/h5-6,10H,4,7-9,11H2,1-3H3,(H2,18,22). The van der Waals surface area contributed by atoms with Gasteiger partial charge in [-0.2, -0.15) is 0 Å². The van der Waals surface area contributed by atoms with Crippen molar-refractivity contribution >= 4 is 17.5 Å². The number of carbonyl (C=O) groups is 2. The van der Waals surface area contributed by atoms with Crippen LogP contribution in [0.3, 0.4) is 0 Å². The van der Waals surface area contributed by atoms with E-state index in [-0.39, 0.29) is 23.7 Å². The third-order valence-electron chi connectivity index (χ3n) is 4.66. The van der Waals surface area contributed by atoms with E-state index in [1.807, 2.05) is 30.6 Å². The first-order chi connectivity index (χ1) is 11.7. The minimum absolute atomic E-state index is 0.0250. The van der Waals surface area contributed by atoms with Crippen LogP contribution >= 0.6 is 0 Å². The predicted octanol–water partition coefficient (Wildman–Crippen LogP) is 1.53. The van der Waals surface area contributed by atoms with Crippen LogP contribution in [0.5, 0.6) is 0 Å². The Labute approximate surface area is 146 Å². The smallest absolute Gasteiger partial charge is 0.274 e. The van der Waals surface area contributed by atoms with Crippen LogP contribution in [-0.4, -0.2) is 51.7 Å². The molecule has 1 saturated heterocycles. The van der Waals surface area contributed by atoms with Gasteiger partial charge < -0.3 is 10.6 Å². The zero-order valence-electron chi connectivity index (χ0n) is 14.8. The number of nitro benzene ring substituents is 1. The molecular weight excluding hydrogens is 324 g/mol. The Balaban J connectivity index is 2.29. The molecule has 25 heavy (non-hydrogen) atoms. The summed E-state index contributed by atoms with van der Waals surface area (Å²) in [6, 6.07) is 4.21. The molecule has 1 aliphatic rings. The third-order valence-corrected chi connectivity index (χ3v) is 4.66. The number of hydrogen-bond acceptors (Lipinski definition) is 5. The Hall–Kier alpha value is -2.48. The van der Waals surface area contributed by atoms with Gasteiger partial charge in [-0.25, -0.2) is 0 Å². The van der Waals surface area contributed by atoms with Crippen LogP contribution < -0.4 is 5.73 Å². The molecule has 1 heterocycles. The molecule has 2 amide bonds. The number of amides is 2. The summed E-state index contributed by atoms with van der Waals surface area (Å²) in [7, 11) is 0. The van der Waals surface area contributed by atoms with Crippen molar-refractivity contribution in [1.29, 1.82) is 0 Å². The molecule has 0 saturated carbocycles. The first-order valence-corrected chi connectivity index (χ1v) is 8.30. The van der Waals surface area contributed by atoms with Gasteiger partial charge in [-0.15, -0.1) is 0 Å². The molecule has 0 unspecified atom stereocenters. The number of nitrogens with zero attached hydrogens (tertiary/aromatic N) is 3. The molecule has 2 N–H and O–H groups in total. The van der Waals surface area contributed by atoms with Gasteiger partial charge in [0, 0.05) is 43.4 Å². The predicted molar refractivity (Wildman–Crippen MR) is 93.0 cm³/mol. The number of rotatable bonds is 6. The molecule has 8 heteroatoms. The number of primary amides is 1. The second-order valence-electron chi connectivity index (χ2n) is 6.74. The second-order valence-corrected chi connectivity index (χ2v) is 6.74. The Kier molecular flexibility index (Phi) is 5.42. The molecule has 0 aliphatic carbocycles. The monoisotopic (exact) mass is 348 g/mol. The fourth-order valence-corrected chi connectivity index (χ4v) is 3.13. The number of nitro groups is 1. The quantitative estimate of drug-likeness (QED) is 0.619. The largest absolute Gasteiger partial charge is 0.366 e. The molecule has 0 aromatic heterocycles. The van der Waals surface area contributed by atoms with Crippen molar-refractivity contribution in [3.8, 4) is 0 Å². The van der Waals surface area contributed by atoms with Crippen LogP contribution in [0.2, 0.25) is 0 Å². The molecule has 2 rings (SSSR count). The maximum Gasteiger partial charge on any atom is 0.274 e. The van der Waals surface area contributed by atoms with E-state index in [9.17, 15) is 19.7 Å². The molecule has 1 aromatic rings. The van der Waals surface area contributed by atoms with E-state index in [1.165, 1.54) is 18.2 Å². The minimum Gasteiger partial charge on any atom is -0.366 e. The lowest BCUT2D eigenvalue weighted by atomic mass is 9.95. The van der Waals surface area contributed by atoms with E-state index in [0.29, 0.717) is 25.2 Å². The molecule has 0 radical (unpaired) electrons. The number of hydrogen-bond donors (Lipinski definition) is 1. The molecule has 1 aliphatic heterocycles. The molecular formula is C17H24N4O4. The molecule has 0 atom stereocenters. The Morgan fingerprint density at radius 1 is 1.36 bits per heavy atom. The highest BCUT2D eigenvalue weighted by atomic mass is 16.6. The fourth-order valence-electron chi connectivity index (χ4n) is 3.13. The summed E-state index contributed by atoms with van der Waals surface area (Å²) >= 11 is 0. The van der Waals surface area contributed by atoms with Gasteiger partial charge in [0.05, 0.1) is 10.5 Å². The maximum atomic E-state index is 12.7. The second kappa shape index (κ2) is 7.18. The van der Waals surface area contributed by atoms with Crippen molar-refractivity contribution in [2.24, 2.45) is 5.73 Å². The first-order valence-electron chi connectivity index (χ1n) is 8.30. The van der Waals surface area contributed by atoms with Crippen LogP contribution in [0.4, 0.5) is 5.69 Å². The summed E-state index contributed by atoms with van der Waals surface area (Å²) in [6.07, 6.45) is 0.891. The molecule has 8 nitrogen and oxygen atoms in total. The Morgan fingerprint density at radius 2 is 2.04 bits per heavy atom. The van der Waals surface area contributed by atoms with Crippen LogP contribution in [-0.2, 0) is 11.3 Å². The van der Waals surface area contributed by atoms with Crippen molar-refractivity contribution in [2.75, 3.05) is 19.6 Å². The molecule has 0 spiro atoms.